The van der Waals surface area contributed by atoms with Crippen LogP contribution in [0, 0.1) is 5.92 Å². The number of aromatic hydroxyl groups is 1. The van der Waals surface area contributed by atoms with E-state index in [2.05, 4.69) is 4.99 Å². The molecule has 18 heavy (non-hydrogen) atoms. The first-order valence-corrected chi connectivity index (χ1v) is 5.65. The first kappa shape index (κ1) is 12.2. The van der Waals surface area contributed by atoms with Crippen molar-refractivity contribution in [3.63, 3.8) is 0 Å². The first-order valence-electron chi connectivity index (χ1n) is 5.65. The topological polar surface area (TPSA) is 66.7 Å². The Morgan fingerprint density at radius 2 is 2.00 bits per heavy atom. The average Bonchev–Trinajstić information content (AvgIpc) is 2.34. The van der Waals surface area contributed by atoms with E-state index in [1.54, 1.807) is 24.3 Å². The van der Waals surface area contributed by atoms with E-state index in [1.165, 1.54) is 19.2 Å². The van der Waals surface area contributed by atoms with E-state index in [0.717, 1.165) is 5.56 Å². The summed E-state index contributed by atoms with van der Waals surface area (Å²) in [5.41, 5.74) is 1.19. The van der Waals surface area contributed by atoms with Gasteiger partial charge in [0.15, 0.2) is 11.6 Å². The van der Waals surface area contributed by atoms with Crippen LogP contribution >= 0.6 is 0 Å². The molecule has 1 unspecified atom stereocenters. The summed E-state index contributed by atoms with van der Waals surface area (Å²) in [7, 11) is 0. The molecule has 0 saturated heterocycles. The van der Waals surface area contributed by atoms with Crippen LogP contribution in [0.3, 0.4) is 0 Å². The van der Waals surface area contributed by atoms with Crippen molar-refractivity contribution in [2.45, 2.75) is 13.3 Å². The average molecular weight is 243 g/mol. The highest BCUT2D eigenvalue weighted by atomic mass is 16.3. The van der Waals surface area contributed by atoms with Crippen molar-refractivity contribution >= 4 is 17.3 Å². The molecular weight excluding hydrogens is 230 g/mol. The van der Waals surface area contributed by atoms with Crippen LogP contribution in [0.4, 0.5) is 0 Å². The zero-order valence-electron chi connectivity index (χ0n) is 9.96. The molecule has 1 N–H and O–H groups in total. The Morgan fingerprint density at radius 3 is 2.61 bits per heavy atom. The number of allylic oxidation sites excluding steroid dienone is 1. The van der Waals surface area contributed by atoms with Gasteiger partial charge in [0.05, 0.1) is 11.6 Å². The predicted molar refractivity (Wildman–Crippen MR) is 67.6 cm³/mol. The van der Waals surface area contributed by atoms with Gasteiger partial charge in [0.1, 0.15) is 5.75 Å². The molecule has 0 bridgehead atoms. The second kappa shape index (κ2) is 4.96. The van der Waals surface area contributed by atoms with Crippen LogP contribution in [0.2, 0.25) is 0 Å². The lowest BCUT2D eigenvalue weighted by Gasteiger charge is -2.17. The van der Waals surface area contributed by atoms with Crippen LogP contribution in [0.15, 0.2) is 41.5 Å². The van der Waals surface area contributed by atoms with Crippen molar-refractivity contribution in [3.8, 4) is 5.75 Å². The molecular formula is C14H13NO3. The highest BCUT2D eigenvalue weighted by molar-refractivity contribution is 6.44. The van der Waals surface area contributed by atoms with Gasteiger partial charge in [0, 0.05) is 19.2 Å². The molecule has 92 valence electrons. The standard InChI is InChI=1S/C14H13NO3/c1-9(16)14-12(13(18)6-7-15-14)8-10-2-4-11(17)5-3-10/h2-7,12,17H,8H2,1H3. The summed E-state index contributed by atoms with van der Waals surface area (Å²) in [6.07, 6.45) is 3.17. The molecule has 0 spiro atoms. The quantitative estimate of drug-likeness (QED) is 0.878. The number of aliphatic imine (C=N–C) groups is 1. The van der Waals surface area contributed by atoms with Crippen molar-refractivity contribution in [3.05, 3.63) is 42.1 Å². The summed E-state index contributed by atoms with van der Waals surface area (Å²) in [4.78, 5) is 27.2. The molecule has 0 amide bonds. The minimum atomic E-state index is -0.517. The fourth-order valence-corrected chi connectivity index (χ4v) is 1.93. The highest BCUT2D eigenvalue weighted by Gasteiger charge is 2.27. The van der Waals surface area contributed by atoms with E-state index in [4.69, 9.17) is 0 Å². The lowest BCUT2D eigenvalue weighted by Crippen LogP contribution is -2.31. The summed E-state index contributed by atoms with van der Waals surface area (Å²) in [5, 5.41) is 9.20. The van der Waals surface area contributed by atoms with Gasteiger partial charge in [0.2, 0.25) is 0 Å². The van der Waals surface area contributed by atoms with Gasteiger partial charge >= 0.3 is 0 Å². The number of Topliss-reactive ketones (excluding diaryl/α,β-unsaturated/α-hetero) is 1. The minimum Gasteiger partial charge on any atom is -0.508 e. The maximum absolute atomic E-state index is 11.8. The number of benzene rings is 1. The Morgan fingerprint density at radius 1 is 1.33 bits per heavy atom. The number of hydrogen-bond acceptors (Lipinski definition) is 4. The van der Waals surface area contributed by atoms with Crippen LogP contribution in [0.25, 0.3) is 0 Å². The van der Waals surface area contributed by atoms with Crippen LogP contribution in [0.5, 0.6) is 5.75 Å². The van der Waals surface area contributed by atoms with Crippen LogP contribution < -0.4 is 0 Å². The zero-order valence-corrected chi connectivity index (χ0v) is 9.96. The van der Waals surface area contributed by atoms with Gasteiger partial charge in [-0.05, 0) is 24.1 Å². The van der Waals surface area contributed by atoms with Gasteiger partial charge in [-0.2, -0.15) is 0 Å². The minimum absolute atomic E-state index is 0.108. The van der Waals surface area contributed by atoms with E-state index in [-0.39, 0.29) is 17.3 Å². The molecule has 1 aromatic rings. The Kier molecular flexibility index (Phi) is 3.37. The second-order valence-electron chi connectivity index (χ2n) is 4.21. The fraction of sp³-hybridized carbons (Fsp3) is 0.214. The Labute approximate surface area is 105 Å². The smallest absolute Gasteiger partial charge is 0.174 e. The van der Waals surface area contributed by atoms with E-state index < -0.39 is 5.92 Å². The summed E-state index contributed by atoms with van der Waals surface area (Å²) >= 11 is 0. The van der Waals surface area contributed by atoms with Crippen LogP contribution in [0.1, 0.15) is 12.5 Å². The third-order valence-electron chi connectivity index (χ3n) is 2.86. The van der Waals surface area contributed by atoms with Crippen molar-refractivity contribution in [2.75, 3.05) is 0 Å². The lowest BCUT2D eigenvalue weighted by atomic mass is 9.87. The Hall–Kier alpha value is -2.23. The molecule has 0 aliphatic carbocycles. The molecule has 1 aliphatic rings. The van der Waals surface area contributed by atoms with Crippen LogP contribution in [-0.2, 0) is 16.0 Å². The summed E-state index contributed by atoms with van der Waals surface area (Å²) in [6.45, 7) is 1.41. The van der Waals surface area contributed by atoms with Gasteiger partial charge in [-0.3, -0.25) is 14.6 Å². The molecule has 1 aromatic carbocycles. The normalized spacial score (nSPS) is 18.6. The summed E-state index contributed by atoms with van der Waals surface area (Å²) < 4.78 is 0. The number of phenols is 1. The van der Waals surface area contributed by atoms with E-state index >= 15 is 0 Å². The highest BCUT2D eigenvalue weighted by Crippen LogP contribution is 2.18. The van der Waals surface area contributed by atoms with E-state index in [1.807, 2.05) is 0 Å². The number of phenolic OH excluding ortho intramolecular Hbond substituents is 1. The van der Waals surface area contributed by atoms with Gasteiger partial charge < -0.3 is 5.11 Å². The third-order valence-corrected chi connectivity index (χ3v) is 2.86. The molecule has 2 rings (SSSR count). The molecule has 1 heterocycles. The maximum atomic E-state index is 11.8. The summed E-state index contributed by atoms with van der Waals surface area (Å²) in [6, 6.07) is 6.59. The zero-order chi connectivity index (χ0) is 13.1. The molecule has 4 heteroatoms. The van der Waals surface area contributed by atoms with Crippen molar-refractivity contribution < 1.29 is 14.7 Å². The number of hydrogen-bond donors (Lipinski definition) is 1. The molecule has 0 radical (unpaired) electrons. The molecule has 4 nitrogen and oxygen atoms in total. The van der Waals surface area contributed by atoms with E-state index in [0.29, 0.717) is 12.1 Å². The molecule has 1 atom stereocenters. The van der Waals surface area contributed by atoms with Crippen molar-refractivity contribution in [1.29, 1.82) is 0 Å². The number of ketones is 2. The number of carbonyl (C=O) groups excluding carboxylic acids is 2. The third kappa shape index (κ3) is 2.53. The van der Waals surface area contributed by atoms with Gasteiger partial charge in [0.25, 0.3) is 0 Å². The van der Waals surface area contributed by atoms with Gasteiger partial charge in [-0.1, -0.05) is 12.1 Å². The molecule has 1 aliphatic heterocycles. The SMILES string of the molecule is CC(=O)C1=NC=CC(=O)C1Cc1ccc(O)cc1. The largest absolute Gasteiger partial charge is 0.508 e. The number of nitrogens with zero attached hydrogens (tertiary/aromatic N) is 1. The molecule has 0 aromatic heterocycles. The van der Waals surface area contributed by atoms with Crippen molar-refractivity contribution in [2.24, 2.45) is 10.9 Å². The second-order valence-corrected chi connectivity index (χ2v) is 4.21. The fourth-order valence-electron chi connectivity index (χ4n) is 1.93. The Balaban J connectivity index is 2.23. The molecule has 0 fully saturated rings. The van der Waals surface area contributed by atoms with Crippen molar-refractivity contribution in [1.82, 2.24) is 0 Å². The van der Waals surface area contributed by atoms with Gasteiger partial charge in [-0.25, -0.2) is 0 Å². The first-order chi connectivity index (χ1) is 8.58. The van der Waals surface area contributed by atoms with Crippen LogP contribution in [-0.4, -0.2) is 22.4 Å². The Bertz CT molecular complexity index is 541. The monoisotopic (exact) mass is 243 g/mol. The molecule has 0 saturated carbocycles. The number of carbonyl (C=O) groups is 2. The lowest BCUT2D eigenvalue weighted by molar-refractivity contribution is -0.118. The predicted octanol–water partition coefficient (Wildman–Crippen LogP) is 1.68. The summed E-state index contributed by atoms with van der Waals surface area (Å²) in [5.74, 6) is -0.633. The van der Waals surface area contributed by atoms with E-state index in [9.17, 15) is 14.7 Å². The number of rotatable bonds is 3. The maximum Gasteiger partial charge on any atom is 0.174 e. The van der Waals surface area contributed by atoms with Gasteiger partial charge in [-0.15, -0.1) is 0 Å².